The normalized spacial score (nSPS) is 11.3. The molecule has 4 rings (SSSR count). The summed E-state index contributed by atoms with van der Waals surface area (Å²) in [7, 11) is 0. The molecule has 0 bridgehead atoms. The molecule has 0 aliphatic heterocycles. The van der Waals surface area contributed by atoms with Gasteiger partial charge in [0.25, 0.3) is 0 Å². The zero-order valence-corrected chi connectivity index (χ0v) is 13.9. The minimum Gasteiger partial charge on any atom is -0.478 e. The Labute approximate surface area is 155 Å². The van der Waals surface area contributed by atoms with E-state index in [1.165, 1.54) is 24.3 Å². The van der Waals surface area contributed by atoms with Crippen molar-refractivity contribution in [3.05, 3.63) is 58.7 Å². The number of rotatable bonds is 4. The summed E-state index contributed by atoms with van der Waals surface area (Å²) < 4.78 is 0. The highest BCUT2D eigenvalue weighted by atomic mass is 16.4. The van der Waals surface area contributed by atoms with E-state index in [1.807, 2.05) is 0 Å². The molecule has 4 aromatic carbocycles. The zero-order chi connectivity index (χ0) is 20.3. The van der Waals surface area contributed by atoms with Crippen molar-refractivity contribution in [3.8, 4) is 0 Å². The van der Waals surface area contributed by atoms with Gasteiger partial charge in [0.2, 0.25) is 0 Å². The fraction of sp³-hybridized carbons (Fsp3) is 0. The minimum absolute atomic E-state index is 0.139. The third kappa shape index (κ3) is 2.18. The predicted molar refractivity (Wildman–Crippen MR) is 98.0 cm³/mol. The van der Waals surface area contributed by atoms with Gasteiger partial charge in [-0.15, -0.1) is 0 Å². The van der Waals surface area contributed by atoms with E-state index in [4.69, 9.17) is 0 Å². The third-order valence-corrected chi connectivity index (χ3v) is 4.79. The molecule has 0 fully saturated rings. The quantitative estimate of drug-likeness (QED) is 0.395. The summed E-state index contributed by atoms with van der Waals surface area (Å²) in [6.45, 7) is 0. The Morgan fingerprint density at radius 1 is 0.536 bits per heavy atom. The molecule has 0 aliphatic carbocycles. The maximum Gasteiger partial charge on any atom is 0.337 e. The summed E-state index contributed by atoms with van der Waals surface area (Å²) in [6, 6.07) is 8.18. The van der Waals surface area contributed by atoms with Gasteiger partial charge in [0, 0.05) is 0 Å². The Morgan fingerprint density at radius 3 is 1.18 bits per heavy atom. The fourth-order valence-corrected chi connectivity index (χ4v) is 3.75. The van der Waals surface area contributed by atoms with E-state index < -0.39 is 35.0 Å². The SMILES string of the molecule is O=C(O)c1cc2ccc3cc(C(=O)O)c(C(=O)O)c4ccc(c1C(=O)O)c2c34. The van der Waals surface area contributed by atoms with E-state index in [0.29, 0.717) is 21.5 Å². The minimum atomic E-state index is -1.43. The number of carboxylic acids is 4. The van der Waals surface area contributed by atoms with Gasteiger partial charge in [0.1, 0.15) is 0 Å². The molecule has 0 radical (unpaired) electrons. The van der Waals surface area contributed by atoms with Crippen LogP contribution >= 0.6 is 0 Å². The maximum absolute atomic E-state index is 11.8. The molecular formula is C20H10O8. The molecule has 28 heavy (non-hydrogen) atoms. The topological polar surface area (TPSA) is 149 Å². The lowest BCUT2D eigenvalue weighted by Crippen LogP contribution is -2.11. The summed E-state index contributed by atoms with van der Waals surface area (Å²) in [5.74, 6) is -5.66. The summed E-state index contributed by atoms with van der Waals surface area (Å²) in [5, 5.41) is 39.8. The second kappa shape index (κ2) is 5.65. The van der Waals surface area contributed by atoms with Crippen LogP contribution in [0.1, 0.15) is 41.4 Å². The van der Waals surface area contributed by atoms with Gasteiger partial charge in [-0.05, 0) is 44.5 Å². The van der Waals surface area contributed by atoms with Crippen LogP contribution in [-0.4, -0.2) is 44.3 Å². The monoisotopic (exact) mass is 378 g/mol. The summed E-state index contributed by atoms with van der Waals surface area (Å²) >= 11 is 0. The average molecular weight is 378 g/mol. The number of carboxylic acid groups (broad SMARTS) is 4. The Bertz CT molecular complexity index is 1260. The second-order valence-corrected chi connectivity index (χ2v) is 6.24. The molecule has 4 aromatic rings. The highest BCUT2D eigenvalue weighted by molar-refractivity contribution is 6.31. The molecule has 0 saturated carbocycles. The molecule has 0 aromatic heterocycles. The van der Waals surface area contributed by atoms with Gasteiger partial charge in [-0.2, -0.15) is 0 Å². The Hall–Kier alpha value is -4.20. The van der Waals surface area contributed by atoms with Gasteiger partial charge in [-0.25, -0.2) is 19.2 Å². The molecule has 0 aliphatic rings. The van der Waals surface area contributed by atoms with Crippen LogP contribution in [0, 0.1) is 0 Å². The first-order valence-corrected chi connectivity index (χ1v) is 7.94. The molecule has 0 atom stereocenters. The number of aromatic carboxylic acids is 4. The third-order valence-electron chi connectivity index (χ3n) is 4.79. The molecule has 0 saturated heterocycles. The first-order chi connectivity index (χ1) is 13.2. The van der Waals surface area contributed by atoms with Crippen molar-refractivity contribution in [1.29, 1.82) is 0 Å². The molecule has 4 N–H and O–H groups in total. The van der Waals surface area contributed by atoms with Crippen molar-refractivity contribution >= 4 is 56.2 Å². The van der Waals surface area contributed by atoms with Crippen LogP contribution in [0.15, 0.2) is 36.4 Å². The average Bonchev–Trinajstić information content (AvgIpc) is 2.63. The van der Waals surface area contributed by atoms with Crippen LogP contribution < -0.4 is 0 Å². The maximum atomic E-state index is 11.8. The fourth-order valence-electron chi connectivity index (χ4n) is 3.75. The first kappa shape index (κ1) is 17.2. The molecule has 0 unspecified atom stereocenters. The van der Waals surface area contributed by atoms with Crippen molar-refractivity contribution < 1.29 is 39.6 Å². The zero-order valence-electron chi connectivity index (χ0n) is 13.9. The predicted octanol–water partition coefficient (Wildman–Crippen LogP) is 3.38. The number of carbonyl (C=O) groups is 4. The number of hydrogen-bond acceptors (Lipinski definition) is 4. The molecule has 8 nitrogen and oxygen atoms in total. The van der Waals surface area contributed by atoms with Crippen molar-refractivity contribution in [2.45, 2.75) is 0 Å². The van der Waals surface area contributed by atoms with Crippen LogP contribution in [0.2, 0.25) is 0 Å². The van der Waals surface area contributed by atoms with E-state index in [-0.39, 0.29) is 21.9 Å². The van der Waals surface area contributed by atoms with Crippen molar-refractivity contribution in [2.75, 3.05) is 0 Å². The van der Waals surface area contributed by atoms with E-state index in [0.717, 1.165) is 0 Å². The second-order valence-electron chi connectivity index (χ2n) is 6.24. The van der Waals surface area contributed by atoms with Gasteiger partial charge in [-0.1, -0.05) is 24.3 Å². The van der Waals surface area contributed by atoms with Crippen molar-refractivity contribution in [3.63, 3.8) is 0 Å². The summed E-state index contributed by atoms with van der Waals surface area (Å²) in [4.78, 5) is 46.6. The summed E-state index contributed by atoms with van der Waals surface area (Å²) in [6.07, 6.45) is 0. The smallest absolute Gasteiger partial charge is 0.337 e. The standard InChI is InChI=1S/C20H10O8/c21-17(22)11-5-7-1-2-8-6-12(18(23)24)16(20(27)28)10-4-3-9(13(7)14(8)10)15(11)19(25)26/h1-6H,(H,21,22)(H,23,24)(H,25,26)(H,27,28). The van der Waals surface area contributed by atoms with Crippen LogP contribution in [0.3, 0.4) is 0 Å². The highest BCUT2D eigenvalue weighted by Gasteiger charge is 2.26. The first-order valence-electron chi connectivity index (χ1n) is 7.94. The van der Waals surface area contributed by atoms with Gasteiger partial charge in [-0.3, -0.25) is 0 Å². The van der Waals surface area contributed by atoms with Crippen molar-refractivity contribution in [2.24, 2.45) is 0 Å². The van der Waals surface area contributed by atoms with Crippen LogP contribution in [0.5, 0.6) is 0 Å². The van der Waals surface area contributed by atoms with E-state index >= 15 is 0 Å². The van der Waals surface area contributed by atoms with E-state index in [9.17, 15) is 39.6 Å². The molecule has 0 spiro atoms. The molecule has 8 heteroatoms. The molecule has 0 amide bonds. The van der Waals surface area contributed by atoms with Crippen LogP contribution in [0.4, 0.5) is 0 Å². The van der Waals surface area contributed by atoms with E-state index in [1.54, 1.807) is 12.1 Å². The Kier molecular flexibility index (Phi) is 3.47. The van der Waals surface area contributed by atoms with Gasteiger partial charge >= 0.3 is 23.9 Å². The molecule has 0 heterocycles. The van der Waals surface area contributed by atoms with Gasteiger partial charge < -0.3 is 20.4 Å². The largest absolute Gasteiger partial charge is 0.478 e. The molecule has 138 valence electrons. The van der Waals surface area contributed by atoms with Crippen LogP contribution in [0.25, 0.3) is 32.3 Å². The van der Waals surface area contributed by atoms with E-state index in [2.05, 4.69) is 0 Å². The van der Waals surface area contributed by atoms with Gasteiger partial charge in [0.15, 0.2) is 0 Å². The highest BCUT2D eigenvalue weighted by Crippen LogP contribution is 2.40. The lowest BCUT2D eigenvalue weighted by molar-refractivity contribution is 0.0653. The Morgan fingerprint density at radius 2 is 0.893 bits per heavy atom. The number of benzene rings is 4. The van der Waals surface area contributed by atoms with Gasteiger partial charge in [0.05, 0.1) is 22.3 Å². The summed E-state index contributed by atoms with van der Waals surface area (Å²) in [5.41, 5.74) is -1.59. The number of hydrogen-bond donors (Lipinski definition) is 4. The van der Waals surface area contributed by atoms with Crippen molar-refractivity contribution in [1.82, 2.24) is 0 Å². The molecular weight excluding hydrogens is 368 g/mol. The van der Waals surface area contributed by atoms with Crippen LogP contribution in [-0.2, 0) is 0 Å². The lowest BCUT2D eigenvalue weighted by atomic mass is 9.86. The lowest BCUT2D eigenvalue weighted by Gasteiger charge is -2.16. The Balaban J connectivity index is 2.33.